The van der Waals surface area contributed by atoms with Crippen LogP contribution in [0.3, 0.4) is 0 Å². The van der Waals surface area contributed by atoms with Crippen LogP contribution in [0.4, 0.5) is 17.3 Å². The van der Waals surface area contributed by atoms with Crippen LogP contribution in [0.1, 0.15) is 37.0 Å². The van der Waals surface area contributed by atoms with Gasteiger partial charge in [0.15, 0.2) is 5.82 Å². The maximum absolute atomic E-state index is 9.85. The van der Waals surface area contributed by atoms with Crippen molar-refractivity contribution in [1.29, 1.82) is 5.26 Å². The van der Waals surface area contributed by atoms with Crippen LogP contribution in [0.5, 0.6) is 5.88 Å². The summed E-state index contributed by atoms with van der Waals surface area (Å²) in [5, 5.41) is 9.85. The fourth-order valence-corrected chi connectivity index (χ4v) is 4.39. The summed E-state index contributed by atoms with van der Waals surface area (Å²) in [4.78, 5) is 17.7. The van der Waals surface area contributed by atoms with Crippen molar-refractivity contribution in [3.05, 3.63) is 53.9 Å². The van der Waals surface area contributed by atoms with E-state index in [0.29, 0.717) is 17.1 Å². The molecular weight excluding hydrogens is 428 g/mol. The average molecular weight is 457 g/mol. The third kappa shape index (κ3) is 4.58. The van der Waals surface area contributed by atoms with Gasteiger partial charge in [-0.1, -0.05) is 6.07 Å². The number of nitrogens with zero attached hydrogens (tertiary/aromatic N) is 6. The van der Waals surface area contributed by atoms with E-state index in [9.17, 15) is 5.26 Å². The van der Waals surface area contributed by atoms with Crippen molar-refractivity contribution in [3.63, 3.8) is 0 Å². The van der Waals surface area contributed by atoms with Gasteiger partial charge in [0.25, 0.3) is 5.88 Å². The summed E-state index contributed by atoms with van der Waals surface area (Å²) in [6.45, 7) is 5.84. The smallest absolute Gasteiger partial charge is 0.258 e. The number of nitriles is 1. The maximum Gasteiger partial charge on any atom is 0.258 e. The monoisotopic (exact) mass is 456 g/mol. The number of anilines is 3. The number of ether oxygens (including phenoxy) is 1. The Balaban J connectivity index is 1.35. The minimum absolute atomic E-state index is 0.197. The van der Waals surface area contributed by atoms with Crippen LogP contribution in [0.15, 0.2) is 42.7 Å². The molecule has 1 unspecified atom stereocenters. The summed E-state index contributed by atoms with van der Waals surface area (Å²) in [5.74, 6) is 0.848. The fraction of sp³-hybridized carbons (Fsp3) is 0.360. The lowest BCUT2D eigenvalue weighted by atomic mass is 10.1. The summed E-state index contributed by atoms with van der Waals surface area (Å²) in [5.41, 5.74) is 15.6. The molecule has 34 heavy (non-hydrogen) atoms. The first-order valence-electron chi connectivity index (χ1n) is 11.6. The molecule has 9 nitrogen and oxygen atoms in total. The molecular formula is C25H28N8O. The van der Waals surface area contributed by atoms with E-state index in [-0.39, 0.29) is 17.8 Å². The Morgan fingerprint density at radius 3 is 2.59 bits per heavy atom. The molecule has 3 aromatic rings. The molecule has 2 fully saturated rings. The van der Waals surface area contributed by atoms with Crippen LogP contribution in [0.2, 0.25) is 0 Å². The van der Waals surface area contributed by atoms with E-state index < -0.39 is 0 Å². The summed E-state index contributed by atoms with van der Waals surface area (Å²) >= 11 is 0. The van der Waals surface area contributed by atoms with Crippen LogP contribution in [0.25, 0.3) is 11.3 Å². The van der Waals surface area contributed by atoms with Gasteiger partial charge >= 0.3 is 0 Å². The molecule has 3 heterocycles. The van der Waals surface area contributed by atoms with Gasteiger partial charge in [-0.05, 0) is 49.6 Å². The number of rotatable bonds is 6. The van der Waals surface area contributed by atoms with Gasteiger partial charge in [0, 0.05) is 44.0 Å². The largest absolute Gasteiger partial charge is 0.467 e. The highest BCUT2D eigenvalue weighted by atomic mass is 16.5. The van der Waals surface area contributed by atoms with E-state index in [1.807, 2.05) is 31.2 Å². The van der Waals surface area contributed by atoms with E-state index >= 15 is 0 Å². The maximum atomic E-state index is 9.85. The van der Waals surface area contributed by atoms with Crippen molar-refractivity contribution >= 4 is 17.3 Å². The van der Waals surface area contributed by atoms with Crippen LogP contribution in [0, 0.1) is 11.3 Å². The quantitative estimate of drug-likeness (QED) is 0.575. The van der Waals surface area contributed by atoms with E-state index in [1.54, 1.807) is 18.5 Å². The molecule has 1 saturated heterocycles. The Hall–Kier alpha value is -3.90. The van der Waals surface area contributed by atoms with Crippen LogP contribution in [-0.4, -0.2) is 52.1 Å². The zero-order chi connectivity index (χ0) is 23.7. The molecule has 1 aromatic carbocycles. The lowest BCUT2D eigenvalue weighted by molar-refractivity contribution is 0.218. The van der Waals surface area contributed by atoms with Crippen molar-refractivity contribution in [2.75, 3.05) is 42.5 Å². The Kier molecular flexibility index (Phi) is 5.90. The van der Waals surface area contributed by atoms with E-state index in [4.69, 9.17) is 16.2 Å². The lowest BCUT2D eigenvalue weighted by Crippen LogP contribution is -2.47. The molecule has 0 spiro atoms. The number of aromatic nitrogens is 3. The van der Waals surface area contributed by atoms with Crippen molar-refractivity contribution in [2.45, 2.75) is 31.9 Å². The minimum atomic E-state index is -0.344. The average Bonchev–Trinajstić information content (AvgIpc) is 3.71. The number of hydrogen-bond acceptors (Lipinski definition) is 9. The topological polar surface area (TPSA) is 130 Å². The molecule has 0 bridgehead atoms. The Labute approximate surface area is 199 Å². The molecule has 174 valence electrons. The Morgan fingerprint density at radius 1 is 1.09 bits per heavy atom. The van der Waals surface area contributed by atoms with Crippen LogP contribution < -0.4 is 21.1 Å². The molecule has 0 amide bonds. The second-order valence-electron chi connectivity index (χ2n) is 8.82. The standard InChI is InChI=1S/C25H28N8O/c1-16(17-6-7-29-23(27)13-17)34-25-24(28)30-15-21(31-25)18-2-5-22(19(12-18)14-26)33-10-8-32(9-11-33)20-3-4-20/h2,5-7,12-13,15-16,20H,3-4,8-11H2,1H3,(H2,27,29)(H2,28,30). The van der Waals surface area contributed by atoms with Crippen molar-refractivity contribution in [3.8, 4) is 23.2 Å². The van der Waals surface area contributed by atoms with Gasteiger partial charge in [-0.3, -0.25) is 4.90 Å². The fourth-order valence-electron chi connectivity index (χ4n) is 4.39. The molecule has 1 saturated carbocycles. The molecule has 4 N–H and O–H groups in total. The number of hydrogen-bond donors (Lipinski definition) is 2. The molecule has 1 aliphatic heterocycles. The Morgan fingerprint density at radius 2 is 1.88 bits per heavy atom. The van der Waals surface area contributed by atoms with Crippen LogP contribution in [-0.2, 0) is 0 Å². The summed E-state index contributed by atoms with van der Waals surface area (Å²) < 4.78 is 6.00. The number of benzene rings is 1. The molecule has 0 radical (unpaired) electrons. The van der Waals surface area contributed by atoms with Gasteiger partial charge in [0.1, 0.15) is 18.0 Å². The summed E-state index contributed by atoms with van der Waals surface area (Å²) in [6, 6.07) is 12.5. The molecule has 5 rings (SSSR count). The lowest BCUT2D eigenvalue weighted by Gasteiger charge is -2.36. The van der Waals surface area contributed by atoms with Gasteiger partial charge in [0.05, 0.1) is 23.1 Å². The molecule has 2 aromatic heterocycles. The number of pyridine rings is 1. The van der Waals surface area contributed by atoms with Gasteiger partial charge in [0.2, 0.25) is 0 Å². The first kappa shape index (κ1) is 21.9. The highest BCUT2D eigenvalue weighted by molar-refractivity contribution is 5.70. The van der Waals surface area contributed by atoms with E-state index in [2.05, 4.69) is 30.8 Å². The first-order valence-corrected chi connectivity index (χ1v) is 11.6. The van der Waals surface area contributed by atoms with Gasteiger partial charge in [-0.15, -0.1) is 0 Å². The van der Waals surface area contributed by atoms with E-state index in [1.165, 1.54) is 12.8 Å². The zero-order valence-electron chi connectivity index (χ0n) is 19.2. The number of nitrogens with two attached hydrogens (primary N) is 2. The normalized spacial score (nSPS) is 17.2. The third-order valence-corrected chi connectivity index (χ3v) is 6.46. The van der Waals surface area contributed by atoms with E-state index in [0.717, 1.165) is 49.0 Å². The summed E-state index contributed by atoms with van der Waals surface area (Å²) in [7, 11) is 0. The van der Waals surface area contributed by atoms with Crippen LogP contribution >= 0.6 is 0 Å². The predicted molar refractivity (Wildman–Crippen MR) is 131 cm³/mol. The SMILES string of the molecule is CC(Oc1nc(-c2ccc(N3CCN(C4CC4)CC3)c(C#N)c2)cnc1N)c1ccnc(N)c1. The minimum Gasteiger partial charge on any atom is -0.467 e. The molecule has 2 aliphatic rings. The Bertz CT molecular complexity index is 1230. The highest BCUT2D eigenvalue weighted by Crippen LogP contribution is 2.32. The zero-order valence-corrected chi connectivity index (χ0v) is 19.2. The second-order valence-corrected chi connectivity index (χ2v) is 8.82. The predicted octanol–water partition coefficient (Wildman–Crippen LogP) is 3.00. The van der Waals surface area contributed by atoms with Crippen molar-refractivity contribution in [1.82, 2.24) is 19.9 Å². The molecule has 1 aliphatic carbocycles. The third-order valence-electron chi connectivity index (χ3n) is 6.46. The van der Waals surface area contributed by atoms with Crippen molar-refractivity contribution < 1.29 is 4.74 Å². The number of nitrogen functional groups attached to an aromatic ring is 2. The van der Waals surface area contributed by atoms with Crippen molar-refractivity contribution in [2.24, 2.45) is 0 Å². The highest BCUT2D eigenvalue weighted by Gasteiger charge is 2.31. The van der Waals surface area contributed by atoms with Gasteiger partial charge in [-0.25, -0.2) is 15.0 Å². The molecule has 1 atom stereocenters. The molecule has 9 heteroatoms. The number of piperazine rings is 1. The van der Waals surface area contributed by atoms with Gasteiger partial charge in [-0.2, -0.15) is 5.26 Å². The van der Waals surface area contributed by atoms with Gasteiger partial charge < -0.3 is 21.1 Å². The first-order chi connectivity index (χ1) is 16.5. The second kappa shape index (κ2) is 9.15. The summed E-state index contributed by atoms with van der Waals surface area (Å²) in [6.07, 6.45) is 5.53.